The van der Waals surface area contributed by atoms with E-state index < -0.39 is 0 Å². The highest BCUT2D eigenvalue weighted by Crippen LogP contribution is 2.35. The molecule has 3 rings (SSSR count). The number of aromatic nitrogens is 1. The van der Waals surface area contributed by atoms with E-state index in [0.717, 1.165) is 29.7 Å². The van der Waals surface area contributed by atoms with Crippen molar-refractivity contribution in [2.24, 2.45) is 0 Å². The van der Waals surface area contributed by atoms with Crippen molar-refractivity contribution in [3.63, 3.8) is 0 Å². The molecule has 1 aromatic heterocycles. The van der Waals surface area contributed by atoms with Crippen molar-refractivity contribution >= 4 is 29.1 Å². The van der Waals surface area contributed by atoms with Gasteiger partial charge in [0.15, 0.2) is 0 Å². The first kappa shape index (κ1) is 19.2. The highest BCUT2D eigenvalue weighted by atomic mass is 35.5. The molecule has 2 aromatic rings. The van der Waals surface area contributed by atoms with Gasteiger partial charge in [0.25, 0.3) is 0 Å². The van der Waals surface area contributed by atoms with Crippen LogP contribution in [0.5, 0.6) is 0 Å². The Labute approximate surface area is 163 Å². The van der Waals surface area contributed by atoms with E-state index in [1.54, 1.807) is 0 Å². The maximum atomic E-state index is 12.4. The summed E-state index contributed by atoms with van der Waals surface area (Å²) >= 11 is 12.1. The van der Waals surface area contributed by atoms with E-state index in [4.69, 9.17) is 32.5 Å². The number of rotatable bonds is 6. The minimum Gasteiger partial charge on any atom is -0.381 e. The van der Waals surface area contributed by atoms with Crippen LogP contribution in [0.3, 0.4) is 0 Å². The Bertz CT molecular complexity index is 750. The van der Waals surface area contributed by atoms with Gasteiger partial charge in [-0.3, -0.25) is 4.79 Å². The lowest BCUT2D eigenvalue weighted by Crippen LogP contribution is -2.44. The van der Waals surface area contributed by atoms with E-state index in [1.807, 2.05) is 25.1 Å². The molecule has 1 aliphatic heterocycles. The van der Waals surface area contributed by atoms with Crippen molar-refractivity contribution < 1.29 is 14.1 Å². The number of amides is 1. The Morgan fingerprint density at radius 2 is 2.08 bits per heavy atom. The third-order valence-electron chi connectivity index (χ3n) is 5.05. The van der Waals surface area contributed by atoms with Crippen LogP contribution in [0.4, 0.5) is 0 Å². The number of carbonyl (C=O) groups excluding carboxylic acids is 1. The molecule has 0 radical (unpaired) electrons. The van der Waals surface area contributed by atoms with Gasteiger partial charge in [-0.1, -0.05) is 28.9 Å². The molecule has 140 valence electrons. The smallest absolute Gasteiger partial charge is 0.229 e. The van der Waals surface area contributed by atoms with Gasteiger partial charge in [-0.05, 0) is 55.5 Å². The van der Waals surface area contributed by atoms with Crippen LogP contribution in [0.25, 0.3) is 0 Å². The summed E-state index contributed by atoms with van der Waals surface area (Å²) in [5.41, 5.74) is 2.51. The molecule has 0 bridgehead atoms. The molecule has 1 fully saturated rings. The van der Waals surface area contributed by atoms with Crippen LogP contribution in [0.15, 0.2) is 28.8 Å². The first-order chi connectivity index (χ1) is 12.5. The van der Waals surface area contributed by atoms with Gasteiger partial charge in [0.2, 0.25) is 11.1 Å². The Kier molecular flexibility index (Phi) is 6.22. The zero-order chi connectivity index (χ0) is 18.6. The van der Waals surface area contributed by atoms with Crippen LogP contribution in [0, 0.1) is 6.92 Å². The highest BCUT2D eigenvalue weighted by molar-refractivity contribution is 6.30. The standard InChI is InChI=1S/C19H22Cl2N2O3/c1-13-16(18(21)26-23-13)5-6-17(24)22-12-19(7-9-25-10-8-19)14-3-2-4-15(20)11-14/h2-4,11H,5-10,12H2,1H3,(H,22,24). The summed E-state index contributed by atoms with van der Waals surface area (Å²) in [7, 11) is 0. The van der Waals surface area contributed by atoms with E-state index >= 15 is 0 Å². The summed E-state index contributed by atoms with van der Waals surface area (Å²) in [5, 5.41) is 7.85. The molecule has 2 heterocycles. The van der Waals surface area contributed by atoms with Crippen LogP contribution in [0.2, 0.25) is 10.2 Å². The summed E-state index contributed by atoms with van der Waals surface area (Å²) in [6.07, 6.45) is 2.55. The van der Waals surface area contributed by atoms with E-state index in [0.29, 0.717) is 37.6 Å². The number of hydrogen-bond donors (Lipinski definition) is 1. The van der Waals surface area contributed by atoms with Gasteiger partial charge in [0.05, 0.1) is 5.69 Å². The van der Waals surface area contributed by atoms with Gasteiger partial charge in [-0.25, -0.2) is 0 Å². The van der Waals surface area contributed by atoms with Crippen molar-refractivity contribution in [2.45, 2.75) is 38.0 Å². The van der Waals surface area contributed by atoms with E-state index in [-0.39, 0.29) is 16.5 Å². The minimum atomic E-state index is -0.149. The van der Waals surface area contributed by atoms with Crippen molar-refractivity contribution in [1.29, 1.82) is 0 Å². The number of halogens is 2. The SMILES string of the molecule is Cc1noc(Cl)c1CCC(=O)NCC1(c2cccc(Cl)c2)CCOCC1. The first-order valence-electron chi connectivity index (χ1n) is 8.71. The Balaban J connectivity index is 1.63. The monoisotopic (exact) mass is 396 g/mol. The first-order valence-corrected chi connectivity index (χ1v) is 9.47. The van der Waals surface area contributed by atoms with E-state index in [2.05, 4.69) is 16.5 Å². The predicted molar refractivity (Wildman–Crippen MR) is 101 cm³/mol. The number of aryl methyl sites for hydroxylation is 1. The molecule has 0 unspecified atom stereocenters. The van der Waals surface area contributed by atoms with Crippen molar-refractivity contribution in [3.05, 3.63) is 51.3 Å². The van der Waals surface area contributed by atoms with E-state index in [9.17, 15) is 4.79 Å². The number of ether oxygens (including phenoxy) is 1. The van der Waals surface area contributed by atoms with Gasteiger partial charge in [0.1, 0.15) is 0 Å². The van der Waals surface area contributed by atoms with Gasteiger partial charge in [-0.2, -0.15) is 0 Å². The van der Waals surface area contributed by atoms with Crippen LogP contribution >= 0.6 is 23.2 Å². The Morgan fingerprint density at radius 1 is 1.31 bits per heavy atom. The van der Waals surface area contributed by atoms with Crippen LogP contribution in [-0.2, 0) is 21.4 Å². The summed E-state index contributed by atoms with van der Waals surface area (Å²) in [6, 6.07) is 7.87. The van der Waals surface area contributed by atoms with Crippen LogP contribution in [-0.4, -0.2) is 30.8 Å². The number of hydrogen-bond acceptors (Lipinski definition) is 4. The molecule has 26 heavy (non-hydrogen) atoms. The Hall–Kier alpha value is -1.56. The lowest BCUT2D eigenvalue weighted by molar-refractivity contribution is -0.121. The zero-order valence-electron chi connectivity index (χ0n) is 14.7. The average Bonchev–Trinajstić information content (AvgIpc) is 2.97. The second kappa shape index (κ2) is 8.42. The highest BCUT2D eigenvalue weighted by Gasteiger charge is 2.35. The fourth-order valence-corrected chi connectivity index (χ4v) is 3.84. The molecular weight excluding hydrogens is 375 g/mol. The molecule has 0 saturated carbocycles. The Morgan fingerprint density at radius 3 is 2.73 bits per heavy atom. The second-order valence-corrected chi connectivity index (χ2v) is 7.48. The topological polar surface area (TPSA) is 64.4 Å². The largest absolute Gasteiger partial charge is 0.381 e. The molecular formula is C19H22Cl2N2O3. The summed E-state index contributed by atoms with van der Waals surface area (Å²) in [5.74, 6) is -0.0189. The summed E-state index contributed by atoms with van der Waals surface area (Å²) < 4.78 is 10.5. The van der Waals surface area contributed by atoms with Gasteiger partial charge < -0.3 is 14.6 Å². The number of nitrogens with one attached hydrogen (secondary N) is 1. The van der Waals surface area contributed by atoms with E-state index in [1.165, 1.54) is 0 Å². The lowest BCUT2D eigenvalue weighted by atomic mass is 9.74. The van der Waals surface area contributed by atoms with Crippen LogP contribution < -0.4 is 5.32 Å². The molecule has 1 aliphatic rings. The van der Waals surface area contributed by atoms with Gasteiger partial charge in [-0.15, -0.1) is 0 Å². The second-order valence-electron chi connectivity index (χ2n) is 6.70. The van der Waals surface area contributed by atoms with Gasteiger partial charge in [0, 0.05) is 42.2 Å². The molecule has 1 N–H and O–H groups in total. The number of nitrogens with zero attached hydrogens (tertiary/aromatic N) is 1. The molecule has 1 saturated heterocycles. The third kappa shape index (κ3) is 4.40. The predicted octanol–water partition coefficient (Wildman–Crippen LogP) is 4.09. The van der Waals surface area contributed by atoms with Crippen LogP contribution in [0.1, 0.15) is 36.1 Å². The molecule has 1 amide bonds. The number of carbonyl (C=O) groups is 1. The quantitative estimate of drug-likeness (QED) is 0.798. The normalized spacial score (nSPS) is 16.4. The molecule has 0 aliphatic carbocycles. The average molecular weight is 397 g/mol. The third-order valence-corrected chi connectivity index (χ3v) is 5.58. The minimum absolute atomic E-state index is 0.0189. The van der Waals surface area contributed by atoms with Crippen molar-refractivity contribution in [2.75, 3.05) is 19.8 Å². The summed E-state index contributed by atoms with van der Waals surface area (Å²) in [6.45, 7) is 3.74. The molecule has 5 nitrogen and oxygen atoms in total. The summed E-state index contributed by atoms with van der Waals surface area (Å²) in [4.78, 5) is 12.4. The maximum absolute atomic E-state index is 12.4. The fourth-order valence-electron chi connectivity index (χ4n) is 3.38. The lowest BCUT2D eigenvalue weighted by Gasteiger charge is -2.38. The molecule has 0 atom stereocenters. The fraction of sp³-hybridized carbons (Fsp3) is 0.474. The molecule has 7 heteroatoms. The maximum Gasteiger partial charge on any atom is 0.229 e. The van der Waals surface area contributed by atoms with Gasteiger partial charge >= 0.3 is 0 Å². The molecule has 0 spiro atoms. The van der Waals surface area contributed by atoms with Crippen molar-refractivity contribution in [3.8, 4) is 0 Å². The number of benzene rings is 1. The molecule has 1 aromatic carbocycles. The van der Waals surface area contributed by atoms with Crippen molar-refractivity contribution in [1.82, 2.24) is 10.5 Å². The zero-order valence-corrected chi connectivity index (χ0v) is 16.2.